The minimum atomic E-state index is 0.132. The van der Waals surface area contributed by atoms with Crippen molar-refractivity contribution in [3.63, 3.8) is 0 Å². The summed E-state index contributed by atoms with van der Waals surface area (Å²) in [6.45, 7) is 3.14. The predicted molar refractivity (Wildman–Crippen MR) is 131 cm³/mol. The van der Waals surface area contributed by atoms with Crippen molar-refractivity contribution in [2.45, 2.75) is 25.8 Å². The fourth-order valence-electron chi connectivity index (χ4n) is 4.74. The zero-order chi connectivity index (χ0) is 23.2. The molecule has 8 nitrogen and oxygen atoms in total. The van der Waals surface area contributed by atoms with Crippen LogP contribution in [0.4, 0.5) is 5.82 Å². The average Bonchev–Trinajstić information content (AvgIpc) is 3.53. The molecule has 2 N–H and O–H groups in total. The van der Waals surface area contributed by atoms with Gasteiger partial charge in [0.25, 0.3) is 0 Å². The van der Waals surface area contributed by atoms with Crippen molar-refractivity contribution in [2.75, 3.05) is 18.8 Å². The smallest absolute Gasteiger partial charge is 0.219 e. The predicted octanol–water partition coefficient (Wildman–Crippen LogP) is 4.67. The van der Waals surface area contributed by atoms with Gasteiger partial charge in [0.2, 0.25) is 5.91 Å². The Morgan fingerprint density at radius 1 is 1.06 bits per heavy atom. The van der Waals surface area contributed by atoms with Gasteiger partial charge in [-0.2, -0.15) is 5.10 Å². The highest BCUT2D eigenvalue weighted by molar-refractivity contribution is 6.00. The highest BCUT2D eigenvalue weighted by atomic mass is 16.3. The van der Waals surface area contributed by atoms with Gasteiger partial charge in [0, 0.05) is 66.1 Å². The Balaban J connectivity index is 1.35. The number of carbonyl (C=O) groups excluding carboxylic acids is 1. The Labute approximate surface area is 196 Å². The van der Waals surface area contributed by atoms with Crippen molar-refractivity contribution >= 4 is 33.6 Å². The molecule has 34 heavy (non-hydrogen) atoms. The molecule has 1 fully saturated rings. The number of benzene rings is 1. The van der Waals surface area contributed by atoms with E-state index in [9.17, 15) is 4.79 Å². The van der Waals surface area contributed by atoms with Crippen molar-refractivity contribution in [1.29, 1.82) is 0 Å². The first-order chi connectivity index (χ1) is 16.6. The van der Waals surface area contributed by atoms with Gasteiger partial charge in [-0.15, -0.1) is 0 Å². The van der Waals surface area contributed by atoms with Gasteiger partial charge < -0.3 is 15.1 Å². The van der Waals surface area contributed by atoms with Gasteiger partial charge in [0.05, 0.1) is 17.8 Å². The van der Waals surface area contributed by atoms with Crippen LogP contribution in [0.3, 0.4) is 0 Å². The number of likely N-dealkylation sites (tertiary alicyclic amines) is 1. The van der Waals surface area contributed by atoms with Crippen LogP contribution in [0, 0.1) is 0 Å². The Morgan fingerprint density at radius 2 is 1.88 bits per heavy atom. The molecule has 0 unspecified atom stereocenters. The lowest BCUT2D eigenvalue weighted by Gasteiger charge is -2.31. The zero-order valence-corrected chi connectivity index (χ0v) is 18.8. The van der Waals surface area contributed by atoms with E-state index >= 15 is 0 Å². The zero-order valence-electron chi connectivity index (χ0n) is 18.8. The Hall–Kier alpha value is -4.20. The Bertz CT molecular complexity index is 1530. The summed E-state index contributed by atoms with van der Waals surface area (Å²) < 4.78 is 8.16. The van der Waals surface area contributed by atoms with E-state index in [-0.39, 0.29) is 11.9 Å². The van der Waals surface area contributed by atoms with Crippen molar-refractivity contribution < 1.29 is 9.21 Å². The number of carbonyl (C=O) groups is 1. The van der Waals surface area contributed by atoms with Crippen LogP contribution in [-0.2, 0) is 4.79 Å². The van der Waals surface area contributed by atoms with Crippen LogP contribution >= 0.6 is 0 Å². The molecule has 4 aromatic heterocycles. The van der Waals surface area contributed by atoms with Crippen LogP contribution in [0.2, 0.25) is 0 Å². The monoisotopic (exact) mass is 452 g/mol. The molecule has 0 atom stereocenters. The van der Waals surface area contributed by atoms with E-state index in [0.717, 1.165) is 58.9 Å². The largest absolute Gasteiger partial charge is 0.452 e. The second-order valence-electron chi connectivity index (χ2n) is 8.77. The number of aromatic nitrogens is 4. The van der Waals surface area contributed by atoms with Gasteiger partial charge in [0.1, 0.15) is 5.76 Å². The third kappa shape index (κ3) is 3.48. The summed E-state index contributed by atoms with van der Waals surface area (Å²) in [6.07, 6.45) is 9.27. The summed E-state index contributed by atoms with van der Waals surface area (Å²) in [5.74, 6) is 1.17. The number of rotatable bonds is 3. The van der Waals surface area contributed by atoms with Gasteiger partial charge in [-0.25, -0.2) is 4.98 Å². The fourth-order valence-corrected chi connectivity index (χ4v) is 4.74. The highest BCUT2D eigenvalue weighted by Crippen LogP contribution is 2.37. The van der Waals surface area contributed by atoms with E-state index in [1.54, 1.807) is 13.1 Å². The fraction of sp³-hybridized carbons (Fsp3) is 0.231. The normalized spacial score (nSPS) is 14.8. The summed E-state index contributed by atoms with van der Waals surface area (Å²) in [6, 6.07) is 12.3. The van der Waals surface area contributed by atoms with E-state index < -0.39 is 0 Å². The summed E-state index contributed by atoms with van der Waals surface area (Å²) in [4.78, 5) is 22.5. The maximum Gasteiger partial charge on any atom is 0.219 e. The maximum atomic E-state index is 11.6. The van der Waals surface area contributed by atoms with Crippen molar-refractivity contribution in [1.82, 2.24) is 24.6 Å². The van der Waals surface area contributed by atoms with Crippen molar-refractivity contribution in [3.05, 3.63) is 61.2 Å². The van der Waals surface area contributed by atoms with Gasteiger partial charge in [0.15, 0.2) is 11.4 Å². The minimum Gasteiger partial charge on any atom is -0.452 e. The van der Waals surface area contributed by atoms with E-state index in [2.05, 4.69) is 21.1 Å². The first-order valence-corrected chi connectivity index (χ1v) is 11.4. The summed E-state index contributed by atoms with van der Waals surface area (Å²) in [5, 5.41) is 6.56. The number of nitrogens with two attached hydrogens (primary N) is 1. The van der Waals surface area contributed by atoms with E-state index in [1.165, 1.54) is 0 Å². The SMILES string of the molecule is CC(=O)N1CCC(n2cc(-c3cnc(N)c4oc(-c5cnc6ccccc6c5)cc34)cn2)CC1. The van der Waals surface area contributed by atoms with Gasteiger partial charge in [-0.1, -0.05) is 18.2 Å². The quantitative estimate of drug-likeness (QED) is 0.427. The van der Waals surface area contributed by atoms with Crippen LogP contribution in [-0.4, -0.2) is 43.6 Å². The summed E-state index contributed by atoms with van der Waals surface area (Å²) >= 11 is 0. The molecule has 0 saturated carbocycles. The van der Waals surface area contributed by atoms with Crippen LogP contribution in [0.1, 0.15) is 25.8 Å². The van der Waals surface area contributed by atoms with Gasteiger partial charge in [-0.05, 0) is 31.0 Å². The first-order valence-electron chi connectivity index (χ1n) is 11.4. The number of piperidine rings is 1. The molecule has 1 amide bonds. The second kappa shape index (κ2) is 7.98. The third-order valence-corrected chi connectivity index (χ3v) is 6.66. The van der Waals surface area contributed by atoms with Crippen LogP contribution < -0.4 is 5.73 Å². The average molecular weight is 453 g/mol. The highest BCUT2D eigenvalue weighted by Gasteiger charge is 2.23. The lowest BCUT2D eigenvalue weighted by Crippen LogP contribution is -2.37. The molecule has 170 valence electrons. The molecule has 5 aromatic rings. The molecule has 0 radical (unpaired) electrons. The topological polar surface area (TPSA) is 103 Å². The first kappa shape index (κ1) is 20.4. The third-order valence-electron chi connectivity index (χ3n) is 6.66. The number of furan rings is 1. The molecular weight excluding hydrogens is 428 g/mol. The molecule has 6 rings (SSSR count). The van der Waals surface area contributed by atoms with Crippen LogP contribution in [0.5, 0.6) is 0 Å². The number of hydrogen-bond donors (Lipinski definition) is 1. The molecule has 1 saturated heterocycles. The molecule has 1 aromatic carbocycles. The number of amides is 1. The van der Waals surface area contributed by atoms with E-state index in [1.807, 2.05) is 58.5 Å². The van der Waals surface area contributed by atoms with Crippen LogP contribution in [0.15, 0.2) is 65.6 Å². The van der Waals surface area contributed by atoms with Gasteiger partial charge >= 0.3 is 0 Å². The number of para-hydroxylation sites is 1. The van der Waals surface area contributed by atoms with E-state index in [0.29, 0.717) is 17.2 Å². The molecule has 1 aliphatic rings. The molecule has 8 heteroatoms. The number of nitrogens with zero attached hydrogens (tertiary/aromatic N) is 5. The molecule has 5 heterocycles. The number of nitrogen functional groups attached to an aromatic ring is 1. The standard InChI is InChI=1S/C26H24N6O2/c1-16(33)31-8-6-20(7-9-31)32-15-19(13-30-32)22-14-29-26(27)25-21(22)11-24(34-25)18-10-17-4-2-3-5-23(17)28-12-18/h2-5,10-15,20H,6-9H2,1H3,(H2,27,29). The maximum absolute atomic E-state index is 11.6. The molecule has 0 spiro atoms. The molecule has 0 aliphatic carbocycles. The summed E-state index contributed by atoms with van der Waals surface area (Å²) in [5.41, 5.74) is 10.4. The Kier molecular flexibility index (Phi) is 4.79. The van der Waals surface area contributed by atoms with Crippen molar-refractivity contribution in [3.8, 4) is 22.5 Å². The van der Waals surface area contributed by atoms with Crippen molar-refractivity contribution in [2.24, 2.45) is 0 Å². The molecule has 1 aliphatic heterocycles. The molecular formula is C26H24N6O2. The second-order valence-corrected chi connectivity index (χ2v) is 8.77. The molecule has 0 bridgehead atoms. The van der Waals surface area contributed by atoms with Gasteiger partial charge in [-0.3, -0.25) is 14.5 Å². The number of pyridine rings is 2. The Morgan fingerprint density at radius 3 is 2.71 bits per heavy atom. The van der Waals surface area contributed by atoms with Crippen LogP contribution in [0.25, 0.3) is 44.3 Å². The minimum absolute atomic E-state index is 0.132. The lowest BCUT2D eigenvalue weighted by atomic mass is 10.0. The van der Waals surface area contributed by atoms with E-state index in [4.69, 9.17) is 10.2 Å². The lowest BCUT2D eigenvalue weighted by molar-refractivity contribution is -0.130. The number of anilines is 1. The number of fused-ring (bicyclic) bond motifs is 2. The number of hydrogen-bond acceptors (Lipinski definition) is 6. The summed E-state index contributed by atoms with van der Waals surface area (Å²) in [7, 11) is 0.